The maximum atomic E-state index is 13.0. The molecule has 37 heavy (non-hydrogen) atoms. The van der Waals surface area contributed by atoms with Crippen LogP contribution in [0.25, 0.3) is 0 Å². The molecular weight excluding hydrogens is 486 g/mol. The summed E-state index contributed by atoms with van der Waals surface area (Å²) in [4.78, 5) is 61.7. The Morgan fingerprint density at radius 3 is 2.30 bits per heavy atom. The Labute approximate surface area is 214 Å². The predicted octanol–water partition coefficient (Wildman–Crippen LogP) is 0.669. The van der Waals surface area contributed by atoms with Crippen molar-refractivity contribution in [2.45, 2.75) is 25.8 Å². The zero-order valence-electron chi connectivity index (χ0n) is 20.7. The monoisotopic (exact) mass is 517 g/mol. The Hall–Kier alpha value is -3.61. The van der Waals surface area contributed by atoms with Gasteiger partial charge in [-0.3, -0.25) is 29.4 Å². The number of piperidine rings is 1. The largest absolute Gasteiger partial charge is 0.460 e. The van der Waals surface area contributed by atoms with Gasteiger partial charge in [0.1, 0.15) is 12.6 Å². The normalized spacial score (nSPS) is 17.0. The molecule has 2 aliphatic heterocycles. The number of carbonyl (C=O) groups is 5. The molecule has 0 radical (unpaired) electrons. The molecule has 1 aromatic carbocycles. The van der Waals surface area contributed by atoms with E-state index in [0.717, 1.165) is 4.90 Å². The number of rotatable bonds is 15. The number of amides is 4. The number of imide groups is 2. The quantitative estimate of drug-likeness (QED) is 0.147. The molecule has 1 unspecified atom stereocenters. The van der Waals surface area contributed by atoms with Crippen molar-refractivity contribution in [3.8, 4) is 0 Å². The number of hydrogen-bond donors (Lipinski definition) is 2. The topological polar surface area (TPSA) is 150 Å². The van der Waals surface area contributed by atoms with Gasteiger partial charge in [-0.15, -0.1) is 0 Å². The van der Waals surface area contributed by atoms with Crippen LogP contribution in [-0.2, 0) is 33.3 Å². The van der Waals surface area contributed by atoms with Crippen molar-refractivity contribution in [3.05, 3.63) is 41.5 Å². The molecule has 2 heterocycles. The number of benzene rings is 1. The van der Waals surface area contributed by atoms with Gasteiger partial charge < -0.3 is 24.3 Å². The lowest BCUT2D eigenvalue weighted by atomic mass is 10.0. The number of hydrogen-bond acceptors (Lipinski definition) is 10. The third-order valence-corrected chi connectivity index (χ3v) is 5.58. The number of nitrogens with one attached hydrogen (secondary N) is 2. The zero-order valence-corrected chi connectivity index (χ0v) is 20.7. The number of anilines is 1. The SMILES string of the molecule is C=C(C)C(=O)OCCOCCOCCOCCNc1cccc2c1C(=O)N(C1CCC(=O)NC1=O)C2=O. The van der Waals surface area contributed by atoms with Crippen LogP contribution in [0.2, 0.25) is 0 Å². The van der Waals surface area contributed by atoms with E-state index in [1.807, 2.05) is 0 Å². The van der Waals surface area contributed by atoms with Gasteiger partial charge in [-0.2, -0.15) is 0 Å². The van der Waals surface area contributed by atoms with E-state index in [0.29, 0.717) is 50.8 Å². The van der Waals surface area contributed by atoms with E-state index in [4.69, 9.17) is 18.9 Å². The number of nitrogens with zero attached hydrogens (tertiary/aromatic N) is 1. The Bertz CT molecular complexity index is 1060. The summed E-state index contributed by atoms with van der Waals surface area (Å²) in [6.07, 6.45) is 0.168. The highest BCUT2D eigenvalue weighted by molar-refractivity contribution is 6.25. The second kappa shape index (κ2) is 13.6. The van der Waals surface area contributed by atoms with Gasteiger partial charge in [0.2, 0.25) is 11.8 Å². The van der Waals surface area contributed by atoms with Crippen molar-refractivity contribution in [1.82, 2.24) is 10.2 Å². The summed E-state index contributed by atoms with van der Waals surface area (Å²) in [6.45, 7) is 7.63. The van der Waals surface area contributed by atoms with Gasteiger partial charge in [-0.1, -0.05) is 12.6 Å². The van der Waals surface area contributed by atoms with Crippen molar-refractivity contribution < 1.29 is 42.9 Å². The molecule has 1 atom stereocenters. The third-order valence-electron chi connectivity index (χ3n) is 5.58. The van der Waals surface area contributed by atoms with Crippen LogP contribution in [0.15, 0.2) is 30.4 Å². The highest BCUT2D eigenvalue weighted by atomic mass is 16.6. The van der Waals surface area contributed by atoms with Crippen LogP contribution >= 0.6 is 0 Å². The van der Waals surface area contributed by atoms with E-state index in [-0.39, 0.29) is 37.2 Å². The molecule has 12 heteroatoms. The van der Waals surface area contributed by atoms with Gasteiger partial charge in [0.25, 0.3) is 11.8 Å². The van der Waals surface area contributed by atoms with E-state index < -0.39 is 35.6 Å². The highest BCUT2D eigenvalue weighted by Crippen LogP contribution is 2.32. The molecule has 1 fully saturated rings. The van der Waals surface area contributed by atoms with Gasteiger partial charge in [-0.05, 0) is 25.5 Å². The molecule has 1 saturated heterocycles. The second-order valence-electron chi connectivity index (χ2n) is 8.36. The molecule has 1 aromatic rings. The molecule has 2 aliphatic rings. The van der Waals surface area contributed by atoms with Gasteiger partial charge in [-0.25, -0.2) is 4.79 Å². The molecular formula is C25H31N3O9. The molecule has 0 aliphatic carbocycles. The summed E-state index contributed by atoms with van der Waals surface area (Å²) in [7, 11) is 0. The van der Waals surface area contributed by atoms with Crippen molar-refractivity contribution in [3.63, 3.8) is 0 Å². The van der Waals surface area contributed by atoms with Crippen LogP contribution in [-0.4, -0.2) is 93.3 Å². The second-order valence-corrected chi connectivity index (χ2v) is 8.36. The number of fused-ring (bicyclic) bond motifs is 1. The fourth-order valence-electron chi connectivity index (χ4n) is 3.78. The summed E-state index contributed by atoms with van der Waals surface area (Å²) in [5.41, 5.74) is 1.22. The Balaban J connectivity index is 1.32. The van der Waals surface area contributed by atoms with E-state index in [1.165, 1.54) is 0 Å². The molecule has 2 N–H and O–H groups in total. The Morgan fingerprint density at radius 1 is 1.00 bits per heavy atom. The number of esters is 1. The molecule has 200 valence electrons. The minimum Gasteiger partial charge on any atom is -0.460 e. The van der Waals surface area contributed by atoms with Crippen LogP contribution in [0.5, 0.6) is 0 Å². The Morgan fingerprint density at radius 2 is 1.65 bits per heavy atom. The minimum absolute atomic E-state index is 0.0654. The van der Waals surface area contributed by atoms with Crippen LogP contribution < -0.4 is 10.6 Å². The molecule has 3 rings (SSSR count). The first kappa shape index (κ1) is 28.0. The zero-order chi connectivity index (χ0) is 26.8. The lowest BCUT2D eigenvalue weighted by Crippen LogP contribution is -2.54. The van der Waals surface area contributed by atoms with E-state index in [2.05, 4.69) is 17.2 Å². The maximum Gasteiger partial charge on any atom is 0.333 e. The standard InChI is InChI=1S/C25H31N3O9/c1-16(2)25(33)37-15-14-36-13-12-35-11-10-34-9-8-26-18-5-3-4-17-21(18)24(32)28(23(17)31)19-6-7-20(29)27-22(19)30/h3-5,19,26H,1,6-15H2,2H3,(H,27,29,30). The first-order valence-electron chi connectivity index (χ1n) is 12.0. The summed E-state index contributed by atoms with van der Waals surface area (Å²) < 4.78 is 21.1. The first-order chi connectivity index (χ1) is 17.8. The van der Waals surface area contributed by atoms with E-state index >= 15 is 0 Å². The summed E-state index contributed by atoms with van der Waals surface area (Å²) in [5.74, 6) is -2.63. The molecule has 0 bridgehead atoms. The fraction of sp³-hybridized carbons (Fsp3) is 0.480. The maximum absolute atomic E-state index is 13.0. The van der Waals surface area contributed by atoms with Crippen LogP contribution in [0.4, 0.5) is 5.69 Å². The molecule has 0 spiro atoms. The van der Waals surface area contributed by atoms with E-state index in [1.54, 1.807) is 25.1 Å². The average molecular weight is 518 g/mol. The highest BCUT2D eigenvalue weighted by Gasteiger charge is 2.45. The fourth-order valence-corrected chi connectivity index (χ4v) is 3.78. The van der Waals surface area contributed by atoms with Gasteiger partial charge in [0.05, 0.1) is 50.8 Å². The lowest BCUT2D eigenvalue weighted by Gasteiger charge is -2.27. The molecule has 12 nitrogen and oxygen atoms in total. The smallest absolute Gasteiger partial charge is 0.333 e. The molecule has 0 aromatic heterocycles. The van der Waals surface area contributed by atoms with Gasteiger partial charge in [0, 0.05) is 24.2 Å². The third kappa shape index (κ3) is 7.44. The Kier molecular flexibility index (Phi) is 10.3. The summed E-state index contributed by atoms with van der Waals surface area (Å²) >= 11 is 0. The van der Waals surface area contributed by atoms with Crippen molar-refractivity contribution in [2.24, 2.45) is 0 Å². The van der Waals surface area contributed by atoms with E-state index in [9.17, 15) is 24.0 Å². The minimum atomic E-state index is -1.01. The van der Waals surface area contributed by atoms with Crippen LogP contribution in [0.1, 0.15) is 40.5 Å². The first-order valence-corrected chi connectivity index (χ1v) is 12.0. The predicted molar refractivity (Wildman–Crippen MR) is 130 cm³/mol. The van der Waals surface area contributed by atoms with Crippen molar-refractivity contribution >= 4 is 35.3 Å². The van der Waals surface area contributed by atoms with Crippen molar-refractivity contribution in [1.29, 1.82) is 0 Å². The van der Waals surface area contributed by atoms with Crippen molar-refractivity contribution in [2.75, 3.05) is 58.1 Å². The number of ether oxygens (including phenoxy) is 4. The molecule has 4 amide bonds. The average Bonchev–Trinajstić information content (AvgIpc) is 3.12. The van der Waals surface area contributed by atoms with Crippen LogP contribution in [0, 0.1) is 0 Å². The summed E-state index contributed by atoms with van der Waals surface area (Å²) in [6, 6.07) is 3.87. The summed E-state index contributed by atoms with van der Waals surface area (Å²) in [5, 5.41) is 5.28. The number of carbonyl (C=O) groups excluding carboxylic acids is 5. The van der Waals surface area contributed by atoms with Crippen LogP contribution in [0.3, 0.4) is 0 Å². The van der Waals surface area contributed by atoms with Gasteiger partial charge >= 0.3 is 5.97 Å². The molecule has 0 saturated carbocycles. The van der Waals surface area contributed by atoms with Gasteiger partial charge in [0.15, 0.2) is 0 Å². The lowest BCUT2D eigenvalue weighted by molar-refractivity contribution is -0.140.